The minimum atomic E-state index is -0.478. The lowest BCUT2D eigenvalue weighted by Crippen LogP contribution is -2.25. The molecule has 0 amide bonds. The van der Waals surface area contributed by atoms with Crippen LogP contribution in [0.3, 0.4) is 0 Å². The number of rotatable bonds is 8. The van der Waals surface area contributed by atoms with Crippen LogP contribution in [0.1, 0.15) is 61.1 Å². The Morgan fingerprint density at radius 2 is 1.59 bits per heavy atom. The first kappa shape index (κ1) is 27.9. The molecule has 3 nitrogen and oxygen atoms in total. The maximum atomic E-state index is 12.2. The lowest BCUT2D eigenvalue weighted by atomic mass is 9.81. The van der Waals surface area contributed by atoms with Crippen molar-refractivity contribution in [3.8, 4) is 11.5 Å². The summed E-state index contributed by atoms with van der Waals surface area (Å²) in [5.41, 5.74) is 5.45. The van der Waals surface area contributed by atoms with E-state index in [1.807, 2.05) is 12.1 Å². The number of halogens is 3. The maximum absolute atomic E-state index is 12.2. The van der Waals surface area contributed by atoms with Crippen LogP contribution < -0.4 is 4.74 Å². The van der Waals surface area contributed by atoms with Crippen molar-refractivity contribution in [3.63, 3.8) is 0 Å². The van der Waals surface area contributed by atoms with E-state index >= 15 is 0 Å². The highest BCUT2D eigenvalue weighted by Gasteiger charge is 2.32. The van der Waals surface area contributed by atoms with Gasteiger partial charge in [0.2, 0.25) is 0 Å². The SMILES string of the molecule is C=CC(=O)Oc1c(Cc2cc(C)cc(C(C)(C)C(I)I)c2O)cc(C)cc1C(C)(C)CI. The number of benzene rings is 2. The van der Waals surface area contributed by atoms with E-state index in [9.17, 15) is 9.90 Å². The largest absolute Gasteiger partial charge is 0.507 e. The second-order valence-electron chi connectivity index (χ2n) is 9.46. The van der Waals surface area contributed by atoms with Crippen molar-refractivity contribution < 1.29 is 14.6 Å². The van der Waals surface area contributed by atoms with E-state index in [0.29, 0.717) is 19.9 Å². The third kappa shape index (κ3) is 6.20. The highest BCUT2D eigenvalue weighted by molar-refractivity contribution is 14.2. The highest BCUT2D eigenvalue weighted by Crippen LogP contribution is 2.44. The monoisotopic (exact) mass is 772 g/mol. The van der Waals surface area contributed by atoms with Crippen molar-refractivity contribution in [2.75, 3.05) is 4.43 Å². The first-order valence-electron chi connectivity index (χ1n) is 10.4. The van der Waals surface area contributed by atoms with Gasteiger partial charge in [0.1, 0.15) is 11.5 Å². The van der Waals surface area contributed by atoms with E-state index in [4.69, 9.17) is 4.74 Å². The molecule has 0 aliphatic rings. The summed E-state index contributed by atoms with van der Waals surface area (Å²) >= 11 is 7.18. The summed E-state index contributed by atoms with van der Waals surface area (Å²) in [6, 6.07) is 8.23. The molecule has 0 saturated heterocycles. The van der Waals surface area contributed by atoms with Crippen molar-refractivity contribution in [3.05, 3.63) is 70.3 Å². The Hall–Kier alpha value is -0.360. The van der Waals surface area contributed by atoms with Crippen LogP contribution in [0.25, 0.3) is 0 Å². The van der Waals surface area contributed by atoms with Crippen molar-refractivity contribution in [2.24, 2.45) is 0 Å². The number of carbonyl (C=O) groups is 1. The van der Waals surface area contributed by atoms with Crippen LogP contribution in [-0.2, 0) is 22.0 Å². The normalized spacial score (nSPS) is 12.2. The summed E-state index contributed by atoms with van der Waals surface area (Å²) in [5, 5.41) is 11.3. The fraction of sp³-hybridized carbons (Fsp3) is 0.423. The lowest BCUT2D eigenvalue weighted by molar-refractivity contribution is -0.129. The number of aryl methyl sites for hydroxylation is 2. The molecule has 0 aliphatic heterocycles. The van der Waals surface area contributed by atoms with Gasteiger partial charge in [-0.05, 0) is 19.4 Å². The molecule has 32 heavy (non-hydrogen) atoms. The minimum absolute atomic E-state index is 0.185. The molecule has 174 valence electrons. The van der Waals surface area contributed by atoms with Gasteiger partial charge >= 0.3 is 5.97 Å². The highest BCUT2D eigenvalue weighted by atomic mass is 127. The molecule has 0 aliphatic carbocycles. The maximum Gasteiger partial charge on any atom is 0.335 e. The topological polar surface area (TPSA) is 46.5 Å². The van der Waals surface area contributed by atoms with E-state index < -0.39 is 5.97 Å². The van der Waals surface area contributed by atoms with Crippen LogP contribution in [-0.4, -0.2) is 17.4 Å². The molecule has 0 aromatic heterocycles. The van der Waals surface area contributed by atoms with E-state index in [2.05, 4.69) is 128 Å². The van der Waals surface area contributed by atoms with E-state index in [-0.39, 0.29) is 10.8 Å². The number of esters is 1. The summed E-state index contributed by atoms with van der Waals surface area (Å²) in [6.07, 6.45) is 1.66. The molecule has 0 atom stereocenters. The summed E-state index contributed by atoms with van der Waals surface area (Å²) in [7, 11) is 0. The molecule has 2 rings (SSSR count). The first-order valence-corrected chi connectivity index (χ1v) is 14.4. The number of ether oxygens (including phenoxy) is 1. The quantitative estimate of drug-likeness (QED) is 0.0978. The van der Waals surface area contributed by atoms with Crippen LogP contribution >= 0.6 is 67.8 Å². The second kappa shape index (κ2) is 10.9. The molecule has 6 heteroatoms. The number of hydrogen-bond acceptors (Lipinski definition) is 3. The van der Waals surface area contributed by atoms with Crippen molar-refractivity contribution in [2.45, 2.75) is 60.7 Å². The standard InChI is InChI=1S/C26H31I3O3/c1-8-21(30)32-23-18(10-16(3)12-20(23)25(4,5)14-27)13-17-9-15(2)11-19(22(17)31)26(6,7)24(28)29/h8-12,24,31H,1,13-14H2,2-7H3. The summed E-state index contributed by atoms with van der Waals surface area (Å²) < 4.78 is 6.97. The van der Waals surface area contributed by atoms with Gasteiger partial charge in [0, 0.05) is 44.4 Å². The van der Waals surface area contributed by atoms with Gasteiger partial charge in [-0.25, -0.2) is 4.79 Å². The molecule has 0 fully saturated rings. The summed E-state index contributed by atoms with van der Waals surface area (Å²) in [5.74, 6) is 0.411. The van der Waals surface area contributed by atoms with Crippen LogP contribution in [0.2, 0.25) is 0 Å². The Balaban J connectivity index is 2.73. The summed E-state index contributed by atoms with van der Waals surface area (Å²) in [6.45, 7) is 16.3. The van der Waals surface area contributed by atoms with Crippen molar-refractivity contribution >= 4 is 73.7 Å². The van der Waals surface area contributed by atoms with Gasteiger partial charge < -0.3 is 9.84 Å². The predicted molar refractivity (Wildman–Crippen MR) is 159 cm³/mol. The van der Waals surface area contributed by atoms with Gasteiger partial charge in [0.15, 0.2) is 0 Å². The first-order chi connectivity index (χ1) is 14.7. The Morgan fingerprint density at radius 3 is 2.09 bits per heavy atom. The number of alkyl halides is 3. The minimum Gasteiger partial charge on any atom is -0.507 e. The fourth-order valence-electron chi connectivity index (χ4n) is 3.62. The Bertz CT molecular complexity index is 1020. The molecule has 1 N–H and O–H groups in total. The Morgan fingerprint density at radius 1 is 1.06 bits per heavy atom. The average molecular weight is 772 g/mol. The number of hydrogen-bond donors (Lipinski definition) is 1. The van der Waals surface area contributed by atoms with Crippen molar-refractivity contribution in [1.29, 1.82) is 0 Å². The number of phenols is 1. The third-order valence-corrected chi connectivity index (χ3v) is 10.7. The van der Waals surface area contributed by atoms with E-state index in [1.54, 1.807) is 0 Å². The van der Waals surface area contributed by atoms with Gasteiger partial charge in [0.25, 0.3) is 0 Å². The number of carbonyl (C=O) groups excluding carboxylic acids is 1. The number of phenolic OH excluding ortho intramolecular Hbond substituents is 1. The molecule has 2 aromatic rings. The Labute approximate surface area is 233 Å². The van der Waals surface area contributed by atoms with Crippen LogP contribution in [0.5, 0.6) is 11.5 Å². The van der Waals surface area contributed by atoms with Gasteiger partial charge in [0.05, 0.1) is 1.93 Å². The molecule has 0 radical (unpaired) electrons. The Kier molecular flexibility index (Phi) is 9.52. The zero-order valence-corrected chi connectivity index (χ0v) is 26.0. The lowest BCUT2D eigenvalue weighted by Gasteiger charge is -2.30. The van der Waals surface area contributed by atoms with Gasteiger partial charge in [-0.2, -0.15) is 0 Å². The zero-order valence-electron chi connectivity index (χ0n) is 19.5. The van der Waals surface area contributed by atoms with Crippen molar-refractivity contribution in [1.82, 2.24) is 0 Å². The molecular weight excluding hydrogens is 741 g/mol. The molecule has 0 heterocycles. The van der Waals surface area contributed by atoms with Gasteiger partial charge in [-0.15, -0.1) is 0 Å². The molecule has 2 aromatic carbocycles. The third-order valence-electron chi connectivity index (χ3n) is 5.70. The molecule has 0 unspecified atom stereocenters. The van der Waals surface area contributed by atoms with Gasteiger partial charge in [-0.3, -0.25) is 0 Å². The van der Waals surface area contributed by atoms with E-state index in [1.165, 1.54) is 6.08 Å². The van der Waals surface area contributed by atoms with Gasteiger partial charge in [-0.1, -0.05) is 137 Å². The average Bonchev–Trinajstić information content (AvgIpc) is 2.71. The molecule has 0 saturated carbocycles. The van der Waals surface area contributed by atoms with Crippen LogP contribution in [0, 0.1) is 13.8 Å². The van der Waals surface area contributed by atoms with E-state index in [0.717, 1.165) is 37.8 Å². The molecular formula is C26H31I3O3. The predicted octanol–water partition coefficient (Wildman–Crippen LogP) is 7.88. The zero-order chi connectivity index (χ0) is 24.4. The fourth-order valence-corrected chi connectivity index (χ4v) is 4.70. The number of aromatic hydroxyl groups is 1. The van der Waals surface area contributed by atoms with Crippen LogP contribution in [0.15, 0.2) is 36.9 Å². The molecule has 0 spiro atoms. The second-order valence-corrected chi connectivity index (χ2v) is 15.1. The smallest absolute Gasteiger partial charge is 0.335 e. The molecule has 0 bridgehead atoms. The van der Waals surface area contributed by atoms with Crippen LogP contribution in [0.4, 0.5) is 0 Å². The summed E-state index contributed by atoms with van der Waals surface area (Å²) in [4.78, 5) is 12.2.